The van der Waals surface area contributed by atoms with Crippen molar-refractivity contribution in [2.45, 2.75) is 25.9 Å². The normalized spacial score (nSPS) is 15.7. The summed E-state index contributed by atoms with van der Waals surface area (Å²) in [6.45, 7) is 1.61. The van der Waals surface area contributed by atoms with Crippen LogP contribution in [0.15, 0.2) is 72.9 Å². The zero-order chi connectivity index (χ0) is 25.9. The minimum absolute atomic E-state index is 0.0569. The van der Waals surface area contributed by atoms with Gasteiger partial charge < -0.3 is 9.64 Å². The molecule has 4 amide bonds. The SMILES string of the molecule is CC1C(=O)N(c2ccc(OC(F)(F)F)cc2)C(=O)N1Cc1ccnc(NNC(=O)c2ccccc2)c1. The van der Waals surface area contributed by atoms with Crippen LogP contribution < -0.4 is 20.5 Å². The highest BCUT2D eigenvalue weighted by Crippen LogP contribution is 2.30. The number of urea groups is 1. The van der Waals surface area contributed by atoms with Gasteiger partial charge in [0.05, 0.1) is 5.69 Å². The summed E-state index contributed by atoms with van der Waals surface area (Å²) >= 11 is 0. The first kappa shape index (κ1) is 24.5. The van der Waals surface area contributed by atoms with E-state index in [0.29, 0.717) is 16.9 Å². The van der Waals surface area contributed by atoms with Gasteiger partial charge in [0.25, 0.3) is 11.8 Å². The van der Waals surface area contributed by atoms with Gasteiger partial charge in [0.1, 0.15) is 17.6 Å². The van der Waals surface area contributed by atoms with Crippen molar-refractivity contribution in [3.63, 3.8) is 0 Å². The Bertz CT molecular complexity index is 1270. The molecule has 1 fully saturated rings. The summed E-state index contributed by atoms with van der Waals surface area (Å²) < 4.78 is 41.0. The minimum Gasteiger partial charge on any atom is -0.406 e. The van der Waals surface area contributed by atoms with E-state index < -0.39 is 30.1 Å². The highest BCUT2D eigenvalue weighted by Gasteiger charge is 2.43. The molecule has 1 saturated heterocycles. The fraction of sp³-hybridized carbons (Fsp3) is 0.167. The molecule has 2 aromatic carbocycles. The van der Waals surface area contributed by atoms with Crippen LogP contribution in [0.4, 0.5) is 29.5 Å². The molecule has 9 nitrogen and oxygen atoms in total. The number of pyridine rings is 1. The van der Waals surface area contributed by atoms with Crippen LogP contribution in [-0.4, -0.2) is 40.1 Å². The number of nitrogens with zero attached hydrogens (tertiary/aromatic N) is 3. The summed E-state index contributed by atoms with van der Waals surface area (Å²) in [6.07, 6.45) is -3.37. The van der Waals surface area contributed by atoms with Gasteiger partial charge >= 0.3 is 12.4 Å². The van der Waals surface area contributed by atoms with E-state index in [9.17, 15) is 27.6 Å². The average Bonchev–Trinajstić information content (AvgIpc) is 3.06. The van der Waals surface area contributed by atoms with Crippen LogP contribution >= 0.6 is 0 Å². The second kappa shape index (κ2) is 9.94. The molecule has 12 heteroatoms. The Morgan fingerprint density at radius 2 is 1.75 bits per heavy atom. The lowest BCUT2D eigenvalue weighted by atomic mass is 10.2. The lowest BCUT2D eigenvalue weighted by Gasteiger charge is -2.20. The highest BCUT2D eigenvalue weighted by molar-refractivity contribution is 6.21. The number of anilines is 2. The first-order valence-electron chi connectivity index (χ1n) is 10.7. The lowest BCUT2D eigenvalue weighted by molar-refractivity contribution is -0.274. The molecule has 1 aliphatic heterocycles. The number of rotatable bonds is 7. The molecule has 186 valence electrons. The molecule has 3 aromatic rings. The van der Waals surface area contributed by atoms with E-state index >= 15 is 0 Å². The summed E-state index contributed by atoms with van der Waals surface area (Å²) in [7, 11) is 0. The van der Waals surface area contributed by atoms with Crippen molar-refractivity contribution < 1.29 is 32.3 Å². The molecule has 1 aliphatic rings. The molecular weight excluding hydrogens is 479 g/mol. The lowest BCUT2D eigenvalue weighted by Crippen LogP contribution is -2.33. The first-order valence-corrected chi connectivity index (χ1v) is 10.7. The van der Waals surface area contributed by atoms with Crippen molar-refractivity contribution in [1.29, 1.82) is 0 Å². The Morgan fingerprint density at radius 1 is 1.06 bits per heavy atom. The molecule has 36 heavy (non-hydrogen) atoms. The molecule has 2 N–H and O–H groups in total. The number of carbonyl (C=O) groups is 3. The van der Waals surface area contributed by atoms with E-state index in [1.807, 2.05) is 0 Å². The number of alkyl halides is 3. The summed E-state index contributed by atoms with van der Waals surface area (Å²) in [5.41, 5.74) is 6.45. The van der Waals surface area contributed by atoms with Gasteiger partial charge in [-0.05, 0) is 61.0 Å². The Labute approximate surface area is 203 Å². The molecule has 1 atom stereocenters. The van der Waals surface area contributed by atoms with Gasteiger partial charge in [0.2, 0.25) is 0 Å². The summed E-state index contributed by atoms with van der Waals surface area (Å²) in [6, 6.07) is 14.9. The number of hydrazine groups is 1. The fourth-order valence-corrected chi connectivity index (χ4v) is 3.57. The van der Waals surface area contributed by atoms with Gasteiger partial charge in [-0.1, -0.05) is 18.2 Å². The summed E-state index contributed by atoms with van der Waals surface area (Å²) in [4.78, 5) is 44.4. The maximum atomic E-state index is 13.0. The van der Waals surface area contributed by atoms with E-state index in [1.165, 1.54) is 23.2 Å². The monoisotopic (exact) mass is 499 g/mol. The molecule has 0 aliphatic carbocycles. The molecular formula is C24H20F3N5O4. The van der Waals surface area contributed by atoms with E-state index in [0.717, 1.165) is 17.0 Å². The van der Waals surface area contributed by atoms with Crippen molar-refractivity contribution >= 4 is 29.4 Å². The number of carbonyl (C=O) groups excluding carboxylic acids is 3. The quantitative estimate of drug-likeness (QED) is 0.375. The molecule has 4 rings (SSSR count). The number of halogens is 3. The van der Waals surface area contributed by atoms with Crippen molar-refractivity contribution in [3.8, 4) is 5.75 Å². The Morgan fingerprint density at radius 3 is 2.42 bits per heavy atom. The molecule has 0 bridgehead atoms. The second-order valence-corrected chi connectivity index (χ2v) is 7.80. The van der Waals surface area contributed by atoms with Crippen LogP contribution in [-0.2, 0) is 11.3 Å². The Balaban J connectivity index is 1.43. The fourth-order valence-electron chi connectivity index (χ4n) is 3.57. The third-order valence-electron chi connectivity index (χ3n) is 5.33. The van der Waals surface area contributed by atoms with Crippen LogP contribution in [0.1, 0.15) is 22.8 Å². The van der Waals surface area contributed by atoms with Gasteiger partial charge in [0.15, 0.2) is 0 Å². The van der Waals surface area contributed by atoms with Crippen LogP contribution in [0.25, 0.3) is 0 Å². The topological polar surface area (TPSA) is 104 Å². The number of nitrogens with one attached hydrogen (secondary N) is 2. The molecule has 1 aromatic heterocycles. The molecule has 0 radical (unpaired) electrons. The zero-order valence-electron chi connectivity index (χ0n) is 18.8. The largest absolute Gasteiger partial charge is 0.573 e. The first-order chi connectivity index (χ1) is 17.1. The third-order valence-corrected chi connectivity index (χ3v) is 5.33. The number of imide groups is 1. The van der Waals surface area contributed by atoms with Gasteiger partial charge in [-0.3, -0.25) is 20.4 Å². The third kappa shape index (κ3) is 5.54. The number of amides is 4. The maximum absolute atomic E-state index is 13.0. The number of aromatic nitrogens is 1. The average molecular weight is 499 g/mol. The van der Waals surface area contributed by atoms with Crippen molar-refractivity contribution in [3.05, 3.63) is 84.1 Å². The van der Waals surface area contributed by atoms with Crippen LogP contribution in [0, 0.1) is 0 Å². The Hall–Kier alpha value is -4.61. The second-order valence-electron chi connectivity index (χ2n) is 7.80. The van der Waals surface area contributed by atoms with E-state index in [-0.39, 0.29) is 18.1 Å². The minimum atomic E-state index is -4.85. The molecule has 0 saturated carbocycles. The molecule has 0 spiro atoms. The van der Waals surface area contributed by atoms with Gasteiger partial charge in [-0.2, -0.15) is 0 Å². The van der Waals surface area contributed by atoms with Crippen LogP contribution in [0.2, 0.25) is 0 Å². The number of hydrogen-bond donors (Lipinski definition) is 2. The molecule has 2 heterocycles. The Kier molecular flexibility index (Phi) is 6.77. The smallest absolute Gasteiger partial charge is 0.406 e. The highest BCUT2D eigenvalue weighted by atomic mass is 19.4. The van der Waals surface area contributed by atoms with Crippen LogP contribution in [0.3, 0.4) is 0 Å². The van der Waals surface area contributed by atoms with Crippen molar-refractivity contribution in [2.24, 2.45) is 0 Å². The van der Waals surface area contributed by atoms with Crippen LogP contribution in [0.5, 0.6) is 5.75 Å². The summed E-state index contributed by atoms with van der Waals surface area (Å²) in [5.74, 6) is -1.03. The van der Waals surface area contributed by atoms with Gasteiger partial charge in [-0.25, -0.2) is 14.7 Å². The van der Waals surface area contributed by atoms with E-state index in [2.05, 4.69) is 20.6 Å². The summed E-state index contributed by atoms with van der Waals surface area (Å²) in [5, 5.41) is 0. The zero-order valence-corrected chi connectivity index (χ0v) is 18.8. The van der Waals surface area contributed by atoms with Crippen molar-refractivity contribution in [2.75, 3.05) is 10.3 Å². The predicted molar refractivity (Wildman–Crippen MR) is 123 cm³/mol. The van der Waals surface area contributed by atoms with Gasteiger partial charge in [-0.15, -0.1) is 13.2 Å². The molecule has 1 unspecified atom stereocenters. The van der Waals surface area contributed by atoms with Crippen molar-refractivity contribution in [1.82, 2.24) is 15.3 Å². The number of benzene rings is 2. The van der Waals surface area contributed by atoms with Gasteiger partial charge in [0, 0.05) is 18.3 Å². The standard InChI is InChI=1S/C24H20F3N5O4/c1-15-22(34)32(18-7-9-19(10-8-18)36-24(25,26)27)23(35)31(15)14-16-11-12-28-20(13-16)29-30-21(33)17-5-3-2-4-6-17/h2-13,15H,14H2,1H3,(H,28,29)(H,30,33). The van der Waals surface area contributed by atoms with E-state index in [1.54, 1.807) is 49.4 Å². The number of ether oxygens (including phenoxy) is 1. The number of hydrogen-bond acceptors (Lipinski definition) is 6. The maximum Gasteiger partial charge on any atom is 0.573 e. The van der Waals surface area contributed by atoms with E-state index in [4.69, 9.17) is 0 Å². The predicted octanol–water partition coefficient (Wildman–Crippen LogP) is 4.09.